The van der Waals surface area contributed by atoms with Crippen LogP contribution in [-0.2, 0) is 20.7 Å². The van der Waals surface area contributed by atoms with Gasteiger partial charge in [0.1, 0.15) is 10.7 Å². The first-order valence-corrected chi connectivity index (χ1v) is 15.2. The lowest BCUT2D eigenvalue weighted by atomic mass is 9.95. The second-order valence-electron chi connectivity index (χ2n) is 11.1. The third-order valence-corrected chi connectivity index (χ3v) is 8.40. The second kappa shape index (κ2) is 15.5. The molecule has 220 valence electrons. The van der Waals surface area contributed by atoms with Gasteiger partial charge in [-0.1, -0.05) is 94.8 Å². The summed E-state index contributed by atoms with van der Waals surface area (Å²) < 4.78 is 5.71. The SMILES string of the molecule is CC[C@H](C)CC(=O)N(C)[C@H](C[C@@H](OC(C)=O)c1nc(C(=O)NC(Cc2ccccc2)c2ccccc2)cs1)C(C)C. The van der Waals surface area contributed by atoms with Crippen LogP contribution < -0.4 is 5.32 Å². The van der Waals surface area contributed by atoms with Gasteiger partial charge in [0, 0.05) is 38.2 Å². The largest absolute Gasteiger partial charge is 0.455 e. The Morgan fingerprint density at radius 1 is 1.00 bits per heavy atom. The summed E-state index contributed by atoms with van der Waals surface area (Å²) in [6.07, 6.45) is 1.77. The van der Waals surface area contributed by atoms with Gasteiger partial charge in [0.25, 0.3) is 5.91 Å². The van der Waals surface area contributed by atoms with Gasteiger partial charge in [-0.2, -0.15) is 0 Å². The predicted octanol–water partition coefficient (Wildman–Crippen LogP) is 6.77. The van der Waals surface area contributed by atoms with Crippen LogP contribution in [0.4, 0.5) is 0 Å². The summed E-state index contributed by atoms with van der Waals surface area (Å²) in [4.78, 5) is 44.9. The van der Waals surface area contributed by atoms with Gasteiger partial charge in [-0.15, -0.1) is 11.3 Å². The average molecular weight is 578 g/mol. The molecule has 0 aliphatic rings. The smallest absolute Gasteiger partial charge is 0.303 e. The predicted molar refractivity (Wildman–Crippen MR) is 164 cm³/mol. The summed E-state index contributed by atoms with van der Waals surface area (Å²) in [5.74, 6) is -0.224. The van der Waals surface area contributed by atoms with Crippen molar-refractivity contribution in [1.29, 1.82) is 0 Å². The molecule has 0 radical (unpaired) electrons. The highest BCUT2D eigenvalue weighted by molar-refractivity contribution is 7.09. The second-order valence-corrected chi connectivity index (χ2v) is 12.0. The lowest BCUT2D eigenvalue weighted by Crippen LogP contribution is -2.42. The minimum Gasteiger partial charge on any atom is -0.455 e. The third kappa shape index (κ3) is 9.52. The highest BCUT2D eigenvalue weighted by Gasteiger charge is 2.31. The lowest BCUT2D eigenvalue weighted by Gasteiger charge is -2.34. The van der Waals surface area contributed by atoms with Crippen molar-refractivity contribution in [2.45, 2.75) is 78.5 Å². The third-order valence-electron chi connectivity index (χ3n) is 7.46. The van der Waals surface area contributed by atoms with Crippen LogP contribution in [0.3, 0.4) is 0 Å². The van der Waals surface area contributed by atoms with Crippen molar-refractivity contribution in [2.24, 2.45) is 11.8 Å². The number of rotatable bonds is 14. The number of nitrogens with zero attached hydrogens (tertiary/aromatic N) is 2. The van der Waals surface area contributed by atoms with Gasteiger partial charge in [-0.3, -0.25) is 14.4 Å². The van der Waals surface area contributed by atoms with E-state index >= 15 is 0 Å². The van der Waals surface area contributed by atoms with Crippen LogP contribution in [-0.4, -0.2) is 40.8 Å². The molecule has 0 aliphatic carbocycles. The zero-order chi connectivity index (χ0) is 29.9. The fourth-order valence-electron chi connectivity index (χ4n) is 4.83. The maximum atomic E-state index is 13.4. The molecule has 1 unspecified atom stereocenters. The molecule has 3 rings (SSSR count). The molecule has 0 saturated carbocycles. The molecule has 2 aromatic carbocycles. The van der Waals surface area contributed by atoms with Crippen LogP contribution in [0.1, 0.15) is 92.6 Å². The lowest BCUT2D eigenvalue weighted by molar-refractivity contribution is -0.148. The summed E-state index contributed by atoms with van der Waals surface area (Å²) in [6, 6.07) is 19.5. The van der Waals surface area contributed by atoms with Crippen molar-refractivity contribution in [3.8, 4) is 0 Å². The molecule has 1 aromatic heterocycles. The molecule has 0 fully saturated rings. The van der Waals surface area contributed by atoms with Gasteiger partial charge in [0.05, 0.1) is 6.04 Å². The number of amides is 2. The van der Waals surface area contributed by atoms with E-state index in [0.29, 0.717) is 30.2 Å². The number of carbonyl (C=O) groups excluding carboxylic acids is 3. The standard InChI is InChI=1S/C33H43N3O4S/c1-7-23(4)18-31(38)36(6)29(22(2)3)20-30(40-24(5)37)33-35-28(21-41-33)32(39)34-27(26-16-12-9-13-17-26)19-25-14-10-8-11-15-25/h8-17,21-23,27,29-30H,7,18-20H2,1-6H3,(H,34,39)/t23-,27?,29+,30+/m0/s1. The van der Waals surface area contributed by atoms with Crippen molar-refractivity contribution in [3.05, 3.63) is 87.9 Å². The van der Waals surface area contributed by atoms with Crippen molar-refractivity contribution in [3.63, 3.8) is 0 Å². The Bertz CT molecular complexity index is 1260. The molecule has 0 saturated heterocycles. The Kier molecular flexibility index (Phi) is 12.1. The number of hydrogen-bond donors (Lipinski definition) is 1. The minimum absolute atomic E-state index is 0.0733. The molecule has 0 spiro atoms. The molecular weight excluding hydrogens is 534 g/mol. The zero-order valence-electron chi connectivity index (χ0n) is 25.0. The number of nitrogens with one attached hydrogen (secondary N) is 1. The van der Waals surface area contributed by atoms with E-state index in [-0.39, 0.29) is 35.5 Å². The topological polar surface area (TPSA) is 88.6 Å². The fraction of sp³-hybridized carbons (Fsp3) is 0.455. The monoisotopic (exact) mass is 577 g/mol. The number of thiazole rings is 1. The van der Waals surface area contributed by atoms with Gasteiger partial charge in [0.2, 0.25) is 5.91 Å². The van der Waals surface area contributed by atoms with Crippen LogP contribution in [0.15, 0.2) is 66.0 Å². The molecule has 7 nitrogen and oxygen atoms in total. The van der Waals surface area contributed by atoms with Gasteiger partial charge in [-0.05, 0) is 29.4 Å². The van der Waals surface area contributed by atoms with Gasteiger partial charge in [-0.25, -0.2) is 4.98 Å². The Balaban J connectivity index is 1.80. The van der Waals surface area contributed by atoms with E-state index < -0.39 is 12.1 Å². The van der Waals surface area contributed by atoms with Gasteiger partial charge >= 0.3 is 5.97 Å². The normalized spacial score (nSPS) is 14.1. The molecular formula is C33H43N3O4S. The van der Waals surface area contributed by atoms with Crippen molar-refractivity contribution in [2.75, 3.05) is 7.05 Å². The number of carbonyl (C=O) groups is 3. The zero-order valence-corrected chi connectivity index (χ0v) is 25.8. The number of aromatic nitrogens is 1. The maximum Gasteiger partial charge on any atom is 0.303 e. The molecule has 0 bridgehead atoms. The molecule has 1 heterocycles. The first-order valence-electron chi connectivity index (χ1n) is 14.4. The molecule has 41 heavy (non-hydrogen) atoms. The number of hydrogen-bond acceptors (Lipinski definition) is 6. The van der Waals surface area contributed by atoms with Crippen LogP contribution in [0, 0.1) is 11.8 Å². The molecule has 3 aromatic rings. The average Bonchev–Trinajstić information content (AvgIpc) is 3.45. The van der Waals surface area contributed by atoms with Gasteiger partial charge in [0.15, 0.2) is 6.10 Å². The van der Waals surface area contributed by atoms with E-state index in [0.717, 1.165) is 17.5 Å². The highest BCUT2D eigenvalue weighted by Crippen LogP contribution is 2.31. The Morgan fingerprint density at radius 3 is 2.22 bits per heavy atom. The van der Waals surface area contributed by atoms with E-state index in [2.05, 4.69) is 38.0 Å². The quantitative estimate of drug-likeness (QED) is 0.214. The summed E-state index contributed by atoms with van der Waals surface area (Å²) in [7, 11) is 1.82. The first-order chi connectivity index (χ1) is 19.6. The Labute approximate surface area is 248 Å². The van der Waals surface area contributed by atoms with Crippen LogP contribution in [0.2, 0.25) is 0 Å². The number of benzene rings is 2. The molecule has 8 heteroatoms. The van der Waals surface area contributed by atoms with Crippen LogP contribution in [0.5, 0.6) is 0 Å². The maximum absolute atomic E-state index is 13.4. The van der Waals surface area contributed by atoms with Crippen LogP contribution in [0.25, 0.3) is 0 Å². The van der Waals surface area contributed by atoms with E-state index in [9.17, 15) is 14.4 Å². The molecule has 4 atom stereocenters. The first kappa shape index (κ1) is 32.0. The van der Waals surface area contributed by atoms with Crippen molar-refractivity contribution in [1.82, 2.24) is 15.2 Å². The molecule has 1 N–H and O–H groups in total. The summed E-state index contributed by atoms with van der Waals surface area (Å²) in [5, 5.41) is 5.39. The molecule has 2 amide bonds. The number of esters is 1. The fourth-order valence-corrected chi connectivity index (χ4v) is 5.67. The van der Waals surface area contributed by atoms with Gasteiger partial charge < -0.3 is 15.0 Å². The van der Waals surface area contributed by atoms with E-state index in [1.165, 1.54) is 18.3 Å². The highest BCUT2D eigenvalue weighted by atomic mass is 32.1. The van der Waals surface area contributed by atoms with E-state index in [4.69, 9.17) is 4.74 Å². The van der Waals surface area contributed by atoms with Crippen molar-refractivity contribution < 1.29 is 19.1 Å². The van der Waals surface area contributed by atoms with Crippen LogP contribution >= 0.6 is 11.3 Å². The number of ether oxygens (including phenoxy) is 1. The van der Waals surface area contributed by atoms with E-state index in [1.807, 2.05) is 67.7 Å². The van der Waals surface area contributed by atoms with E-state index in [1.54, 1.807) is 10.3 Å². The summed E-state index contributed by atoms with van der Waals surface area (Å²) in [6.45, 7) is 9.63. The van der Waals surface area contributed by atoms with Crippen molar-refractivity contribution >= 4 is 29.1 Å². The summed E-state index contributed by atoms with van der Waals surface area (Å²) in [5.41, 5.74) is 2.39. The minimum atomic E-state index is -0.667. The summed E-state index contributed by atoms with van der Waals surface area (Å²) >= 11 is 1.29. The molecule has 0 aliphatic heterocycles. The Hall–Kier alpha value is -3.52. The Morgan fingerprint density at radius 2 is 1.63 bits per heavy atom.